The second-order valence-corrected chi connectivity index (χ2v) is 3.38. The predicted molar refractivity (Wildman–Crippen MR) is 62.2 cm³/mol. The number of aryl methyl sites for hydroxylation is 1. The lowest BCUT2D eigenvalue weighted by Crippen LogP contribution is -2.10. The first-order valence-electron chi connectivity index (χ1n) is 5.25. The molecule has 0 saturated heterocycles. The van der Waals surface area contributed by atoms with Gasteiger partial charge in [-0.05, 0) is 13.3 Å². The fraction of sp³-hybridized carbons (Fsp3) is 0.600. The van der Waals surface area contributed by atoms with E-state index in [4.69, 9.17) is 15.6 Å². The highest BCUT2D eigenvalue weighted by Gasteiger charge is 2.00. The Labute approximate surface area is 94.9 Å². The number of aliphatic hydroxyl groups is 1. The summed E-state index contributed by atoms with van der Waals surface area (Å²) >= 11 is 0. The minimum Gasteiger partial charge on any atom is -0.394 e. The van der Waals surface area contributed by atoms with Crippen molar-refractivity contribution in [1.82, 2.24) is 9.97 Å². The van der Waals surface area contributed by atoms with E-state index in [2.05, 4.69) is 15.3 Å². The molecule has 6 heteroatoms. The van der Waals surface area contributed by atoms with Gasteiger partial charge in [0, 0.05) is 24.9 Å². The van der Waals surface area contributed by atoms with Crippen LogP contribution in [-0.4, -0.2) is 41.4 Å². The average Bonchev–Trinajstić information content (AvgIpc) is 2.28. The van der Waals surface area contributed by atoms with Crippen molar-refractivity contribution in [2.24, 2.45) is 0 Å². The third kappa shape index (κ3) is 4.41. The summed E-state index contributed by atoms with van der Waals surface area (Å²) in [6, 6.07) is 0. The van der Waals surface area contributed by atoms with Gasteiger partial charge in [-0.25, -0.2) is 4.98 Å². The zero-order valence-corrected chi connectivity index (χ0v) is 9.44. The number of hydrogen-bond donors (Lipinski definition) is 3. The lowest BCUT2D eigenvalue weighted by Gasteiger charge is -2.08. The van der Waals surface area contributed by atoms with Crippen LogP contribution < -0.4 is 11.1 Å². The third-order valence-electron chi connectivity index (χ3n) is 1.98. The van der Waals surface area contributed by atoms with Crippen LogP contribution in [0.15, 0.2) is 6.20 Å². The van der Waals surface area contributed by atoms with Crippen molar-refractivity contribution in [2.75, 3.05) is 37.4 Å². The Hall–Kier alpha value is -1.40. The molecule has 4 N–H and O–H groups in total. The fourth-order valence-corrected chi connectivity index (χ4v) is 1.18. The lowest BCUT2D eigenvalue weighted by molar-refractivity contribution is 0.0922. The van der Waals surface area contributed by atoms with Crippen LogP contribution in [-0.2, 0) is 4.74 Å². The van der Waals surface area contributed by atoms with Gasteiger partial charge in [0.1, 0.15) is 5.82 Å². The third-order valence-corrected chi connectivity index (χ3v) is 1.98. The summed E-state index contributed by atoms with van der Waals surface area (Å²) in [5.41, 5.74) is 6.45. The smallest absolute Gasteiger partial charge is 0.221 e. The van der Waals surface area contributed by atoms with E-state index >= 15 is 0 Å². The van der Waals surface area contributed by atoms with Gasteiger partial charge in [0.2, 0.25) is 5.95 Å². The second-order valence-electron chi connectivity index (χ2n) is 3.38. The molecule has 0 bridgehead atoms. The van der Waals surface area contributed by atoms with E-state index in [-0.39, 0.29) is 12.6 Å². The number of hydrogen-bond acceptors (Lipinski definition) is 6. The van der Waals surface area contributed by atoms with Crippen molar-refractivity contribution >= 4 is 11.8 Å². The second kappa shape index (κ2) is 6.97. The first-order valence-corrected chi connectivity index (χ1v) is 5.25. The normalized spacial score (nSPS) is 10.4. The Bertz CT molecular complexity index is 320. The van der Waals surface area contributed by atoms with E-state index in [0.29, 0.717) is 13.2 Å². The van der Waals surface area contributed by atoms with Gasteiger partial charge in [0.25, 0.3) is 0 Å². The van der Waals surface area contributed by atoms with Crippen LogP contribution in [0.1, 0.15) is 12.0 Å². The molecule has 1 aromatic heterocycles. The van der Waals surface area contributed by atoms with Crippen LogP contribution in [0.2, 0.25) is 0 Å². The van der Waals surface area contributed by atoms with Crippen LogP contribution >= 0.6 is 0 Å². The summed E-state index contributed by atoms with van der Waals surface area (Å²) in [5, 5.41) is 11.7. The van der Waals surface area contributed by atoms with Crippen molar-refractivity contribution in [3.8, 4) is 0 Å². The van der Waals surface area contributed by atoms with Crippen LogP contribution in [0.5, 0.6) is 0 Å². The van der Waals surface area contributed by atoms with Crippen molar-refractivity contribution < 1.29 is 9.84 Å². The fourth-order valence-electron chi connectivity index (χ4n) is 1.18. The molecule has 90 valence electrons. The Kier molecular flexibility index (Phi) is 5.52. The maximum absolute atomic E-state index is 8.50. The Balaban J connectivity index is 2.23. The summed E-state index contributed by atoms with van der Waals surface area (Å²) in [7, 11) is 0. The highest BCUT2D eigenvalue weighted by atomic mass is 16.5. The molecule has 1 heterocycles. The molecule has 1 rings (SSSR count). The zero-order valence-electron chi connectivity index (χ0n) is 9.44. The topological polar surface area (TPSA) is 93.3 Å². The van der Waals surface area contributed by atoms with E-state index in [0.717, 1.165) is 24.3 Å². The number of rotatable bonds is 7. The Morgan fingerprint density at radius 1 is 1.50 bits per heavy atom. The van der Waals surface area contributed by atoms with E-state index in [9.17, 15) is 0 Å². The zero-order chi connectivity index (χ0) is 11.8. The highest BCUT2D eigenvalue weighted by Crippen LogP contribution is 2.10. The van der Waals surface area contributed by atoms with Crippen LogP contribution in [0.3, 0.4) is 0 Å². The van der Waals surface area contributed by atoms with Crippen LogP contribution in [0, 0.1) is 6.92 Å². The van der Waals surface area contributed by atoms with E-state index in [1.54, 1.807) is 6.20 Å². The number of aliphatic hydroxyl groups excluding tert-OH is 1. The summed E-state index contributed by atoms with van der Waals surface area (Å²) < 4.78 is 5.13. The quantitative estimate of drug-likeness (QED) is 0.574. The SMILES string of the molecule is Cc1cnc(N)nc1NCCCOCCO. The molecular formula is C10H18N4O2. The van der Waals surface area contributed by atoms with Crippen molar-refractivity contribution in [3.63, 3.8) is 0 Å². The Morgan fingerprint density at radius 3 is 3.06 bits per heavy atom. The molecular weight excluding hydrogens is 208 g/mol. The number of nitrogens with zero attached hydrogens (tertiary/aromatic N) is 2. The number of nitrogen functional groups attached to an aromatic ring is 1. The summed E-state index contributed by atoms with van der Waals surface area (Å²) in [4.78, 5) is 7.96. The maximum atomic E-state index is 8.50. The number of aromatic nitrogens is 2. The van der Waals surface area contributed by atoms with Gasteiger partial charge >= 0.3 is 0 Å². The molecule has 0 aliphatic heterocycles. The standard InChI is InChI=1S/C10H18N4O2/c1-8-7-13-10(11)14-9(8)12-3-2-5-16-6-4-15/h7,15H,2-6H2,1H3,(H3,11,12,13,14). The van der Waals surface area contributed by atoms with Gasteiger partial charge < -0.3 is 20.9 Å². The number of anilines is 2. The molecule has 6 nitrogen and oxygen atoms in total. The van der Waals surface area contributed by atoms with Gasteiger partial charge in [-0.15, -0.1) is 0 Å². The number of nitrogens with two attached hydrogens (primary N) is 1. The van der Waals surface area contributed by atoms with E-state index in [1.807, 2.05) is 6.92 Å². The first-order chi connectivity index (χ1) is 7.74. The molecule has 1 aromatic rings. The van der Waals surface area contributed by atoms with Gasteiger partial charge in [0.05, 0.1) is 13.2 Å². The first kappa shape index (κ1) is 12.7. The van der Waals surface area contributed by atoms with Gasteiger partial charge in [-0.1, -0.05) is 0 Å². The molecule has 0 radical (unpaired) electrons. The van der Waals surface area contributed by atoms with Crippen molar-refractivity contribution in [2.45, 2.75) is 13.3 Å². The molecule has 0 saturated carbocycles. The van der Waals surface area contributed by atoms with Gasteiger partial charge in [-0.2, -0.15) is 4.98 Å². The van der Waals surface area contributed by atoms with Crippen molar-refractivity contribution in [3.05, 3.63) is 11.8 Å². The summed E-state index contributed by atoms with van der Waals surface area (Å²) in [6.07, 6.45) is 2.54. The van der Waals surface area contributed by atoms with Crippen molar-refractivity contribution in [1.29, 1.82) is 0 Å². The molecule has 0 atom stereocenters. The summed E-state index contributed by atoms with van der Waals surface area (Å²) in [6.45, 7) is 3.74. The average molecular weight is 226 g/mol. The lowest BCUT2D eigenvalue weighted by atomic mass is 10.3. The summed E-state index contributed by atoms with van der Waals surface area (Å²) in [5.74, 6) is 1.03. The number of nitrogens with one attached hydrogen (secondary N) is 1. The minimum absolute atomic E-state index is 0.0645. The Morgan fingerprint density at radius 2 is 2.31 bits per heavy atom. The molecule has 0 aliphatic rings. The molecule has 0 spiro atoms. The monoisotopic (exact) mass is 226 g/mol. The maximum Gasteiger partial charge on any atom is 0.221 e. The minimum atomic E-state index is 0.0645. The largest absolute Gasteiger partial charge is 0.394 e. The molecule has 0 amide bonds. The highest BCUT2D eigenvalue weighted by molar-refractivity contribution is 5.44. The van der Waals surface area contributed by atoms with E-state index < -0.39 is 0 Å². The van der Waals surface area contributed by atoms with Gasteiger partial charge in [0.15, 0.2) is 0 Å². The van der Waals surface area contributed by atoms with Crippen LogP contribution in [0.4, 0.5) is 11.8 Å². The predicted octanol–water partition coefficient (Wildman–Crippen LogP) is 0.178. The molecule has 0 aromatic carbocycles. The number of ether oxygens (including phenoxy) is 1. The van der Waals surface area contributed by atoms with E-state index in [1.165, 1.54) is 0 Å². The van der Waals surface area contributed by atoms with Gasteiger partial charge in [-0.3, -0.25) is 0 Å². The molecule has 0 fully saturated rings. The van der Waals surface area contributed by atoms with Crippen LogP contribution in [0.25, 0.3) is 0 Å². The molecule has 0 aliphatic carbocycles. The molecule has 0 unspecified atom stereocenters. The molecule has 16 heavy (non-hydrogen) atoms.